The molecule has 0 bridgehead atoms. The van der Waals surface area contributed by atoms with Gasteiger partial charge in [-0.25, -0.2) is 9.37 Å². The second kappa shape index (κ2) is 7.98. The predicted molar refractivity (Wildman–Crippen MR) is 122 cm³/mol. The van der Waals surface area contributed by atoms with Crippen LogP contribution in [-0.2, 0) is 6.54 Å². The summed E-state index contributed by atoms with van der Waals surface area (Å²) in [5.41, 5.74) is 9.92. The zero-order valence-electron chi connectivity index (χ0n) is 16.9. The molecule has 0 saturated carbocycles. The highest BCUT2D eigenvalue weighted by molar-refractivity contribution is 7.13. The van der Waals surface area contributed by atoms with Gasteiger partial charge in [0.05, 0.1) is 17.4 Å². The Morgan fingerprint density at radius 3 is 2.88 bits per heavy atom. The Hall–Kier alpha value is -3.89. The summed E-state index contributed by atoms with van der Waals surface area (Å²) in [5.74, 6) is -0.826. The van der Waals surface area contributed by atoms with Crippen molar-refractivity contribution in [1.29, 1.82) is 0 Å². The molecule has 0 unspecified atom stereocenters. The molecule has 5 rings (SSSR count). The van der Waals surface area contributed by atoms with Crippen molar-refractivity contribution in [2.75, 3.05) is 5.32 Å². The Bertz CT molecular complexity index is 1450. The predicted octanol–water partition coefficient (Wildman–Crippen LogP) is 4.24. The minimum absolute atomic E-state index is 0.0730. The summed E-state index contributed by atoms with van der Waals surface area (Å²) in [4.78, 5) is 17.4. The maximum atomic E-state index is 15.1. The molecule has 5 aromatic rings. The number of carbonyl (C=O) groups is 1. The number of rotatable bonds is 5. The molecular weight excluding hydrogens is 429 g/mol. The quantitative estimate of drug-likeness (QED) is 0.321. The van der Waals surface area contributed by atoms with Crippen molar-refractivity contribution in [2.45, 2.75) is 13.5 Å². The zero-order valence-corrected chi connectivity index (χ0v) is 17.8. The van der Waals surface area contributed by atoms with Gasteiger partial charge in [0, 0.05) is 39.7 Å². The van der Waals surface area contributed by atoms with Gasteiger partial charge in [0.1, 0.15) is 22.2 Å². The Kier molecular flexibility index (Phi) is 5.00. The fourth-order valence-electron chi connectivity index (χ4n) is 3.47. The molecule has 0 saturated heterocycles. The van der Waals surface area contributed by atoms with Crippen LogP contribution in [0, 0.1) is 12.7 Å². The molecule has 0 aliphatic heterocycles. The van der Waals surface area contributed by atoms with Gasteiger partial charge in [-0.2, -0.15) is 10.2 Å². The van der Waals surface area contributed by atoms with E-state index < -0.39 is 11.7 Å². The number of carbonyl (C=O) groups excluding carboxylic acids is 1. The highest BCUT2D eigenvalue weighted by Gasteiger charge is 2.19. The molecule has 1 amide bonds. The molecule has 0 aliphatic carbocycles. The molecule has 0 spiro atoms. The summed E-state index contributed by atoms with van der Waals surface area (Å²) in [6.07, 6.45) is 1.65. The number of aryl methyl sites for hydroxylation is 1. The van der Waals surface area contributed by atoms with Crippen LogP contribution < -0.4 is 11.1 Å². The third kappa shape index (κ3) is 3.55. The van der Waals surface area contributed by atoms with E-state index in [1.807, 2.05) is 13.0 Å². The second-order valence-electron chi connectivity index (χ2n) is 7.27. The van der Waals surface area contributed by atoms with Gasteiger partial charge in [-0.3, -0.25) is 15.0 Å². The van der Waals surface area contributed by atoms with Crippen molar-refractivity contribution in [3.63, 3.8) is 0 Å². The van der Waals surface area contributed by atoms with Crippen molar-refractivity contribution >= 4 is 33.8 Å². The largest absolute Gasteiger partial charge is 0.326 e. The standard InChI is InChI=1S/C22H18FN7OS/c1-11-5-18(30-28-11)22-27-19(10-32-22)21(31)26-17-7-16-13(9-25-29-16)6-15(17)14-4-2-3-12(8-24)20(14)23/h2-7,9-10H,8,24H2,1H3,(H,25,29)(H,26,31)(H,28,30). The van der Waals surface area contributed by atoms with E-state index >= 15 is 4.39 Å². The topological polar surface area (TPSA) is 125 Å². The van der Waals surface area contributed by atoms with Gasteiger partial charge in [0.25, 0.3) is 5.91 Å². The van der Waals surface area contributed by atoms with Crippen LogP contribution in [0.4, 0.5) is 10.1 Å². The minimum atomic E-state index is -0.418. The Labute approximate surface area is 185 Å². The molecule has 3 aromatic heterocycles. The Morgan fingerprint density at radius 2 is 2.09 bits per heavy atom. The molecular formula is C22H18FN7OS. The van der Waals surface area contributed by atoms with Crippen LogP contribution in [0.1, 0.15) is 21.7 Å². The van der Waals surface area contributed by atoms with Crippen LogP contribution in [0.5, 0.6) is 0 Å². The number of nitrogens with zero attached hydrogens (tertiary/aromatic N) is 3. The van der Waals surface area contributed by atoms with Crippen molar-refractivity contribution < 1.29 is 9.18 Å². The number of hydrogen-bond donors (Lipinski definition) is 4. The number of anilines is 1. The number of halogens is 1. The highest BCUT2D eigenvalue weighted by Crippen LogP contribution is 2.35. The number of hydrogen-bond acceptors (Lipinski definition) is 6. The summed E-state index contributed by atoms with van der Waals surface area (Å²) in [5, 5.41) is 19.9. The van der Waals surface area contributed by atoms with E-state index in [1.165, 1.54) is 11.3 Å². The zero-order chi connectivity index (χ0) is 22.2. The molecule has 0 aliphatic rings. The number of fused-ring (bicyclic) bond motifs is 1. The first-order valence-electron chi connectivity index (χ1n) is 9.77. The van der Waals surface area contributed by atoms with Crippen LogP contribution in [-0.4, -0.2) is 31.3 Å². The number of H-pyrrole nitrogens is 2. The average molecular weight is 447 g/mol. The van der Waals surface area contributed by atoms with Gasteiger partial charge >= 0.3 is 0 Å². The molecule has 0 radical (unpaired) electrons. The van der Waals surface area contributed by atoms with Crippen molar-refractivity contribution in [1.82, 2.24) is 25.4 Å². The van der Waals surface area contributed by atoms with Crippen LogP contribution >= 0.6 is 11.3 Å². The summed E-state index contributed by atoms with van der Waals surface area (Å²) >= 11 is 1.32. The number of aromatic amines is 2. The van der Waals surface area contributed by atoms with E-state index in [0.717, 1.165) is 11.1 Å². The number of nitrogens with one attached hydrogen (secondary N) is 3. The summed E-state index contributed by atoms with van der Waals surface area (Å²) in [6, 6.07) is 10.4. The first kappa shape index (κ1) is 20.0. The van der Waals surface area contributed by atoms with E-state index in [0.29, 0.717) is 38.6 Å². The van der Waals surface area contributed by atoms with Crippen molar-refractivity contribution in [2.24, 2.45) is 5.73 Å². The third-order valence-corrected chi connectivity index (χ3v) is 5.94. The average Bonchev–Trinajstić information content (AvgIpc) is 3.53. The van der Waals surface area contributed by atoms with Crippen LogP contribution in [0.3, 0.4) is 0 Å². The van der Waals surface area contributed by atoms with Gasteiger partial charge in [0.15, 0.2) is 0 Å². The van der Waals surface area contributed by atoms with E-state index in [2.05, 4.69) is 30.7 Å². The SMILES string of the molecule is Cc1cc(-c2nc(C(=O)Nc3cc4[nH]ncc4cc3-c3cccc(CN)c3F)cs2)n[nH]1. The van der Waals surface area contributed by atoms with E-state index in [9.17, 15) is 4.79 Å². The molecule has 2 aromatic carbocycles. The number of benzene rings is 2. The van der Waals surface area contributed by atoms with Gasteiger partial charge in [0.2, 0.25) is 0 Å². The fraction of sp³-hybridized carbons (Fsp3) is 0.0909. The smallest absolute Gasteiger partial charge is 0.275 e. The lowest BCUT2D eigenvalue weighted by Crippen LogP contribution is -2.13. The lowest BCUT2D eigenvalue weighted by Gasteiger charge is -2.13. The fourth-order valence-corrected chi connectivity index (χ4v) is 4.23. The second-order valence-corrected chi connectivity index (χ2v) is 8.12. The van der Waals surface area contributed by atoms with Crippen LogP contribution in [0.15, 0.2) is 48.0 Å². The Morgan fingerprint density at radius 1 is 1.22 bits per heavy atom. The van der Waals surface area contributed by atoms with Gasteiger partial charge in [-0.15, -0.1) is 11.3 Å². The molecule has 32 heavy (non-hydrogen) atoms. The molecule has 8 nitrogen and oxygen atoms in total. The molecule has 3 heterocycles. The summed E-state index contributed by atoms with van der Waals surface area (Å²) < 4.78 is 15.1. The molecule has 0 fully saturated rings. The van der Waals surface area contributed by atoms with Gasteiger partial charge in [-0.1, -0.05) is 18.2 Å². The molecule has 0 atom stereocenters. The number of amides is 1. The number of thiazole rings is 1. The third-order valence-electron chi connectivity index (χ3n) is 5.08. The van der Waals surface area contributed by atoms with Crippen molar-refractivity contribution in [3.8, 4) is 21.8 Å². The van der Waals surface area contributed by atoms with E-state index in [1.54, 1.807) is 41.9 Å². The monoisotopic (exact) mass is 447 g/mol. The van der Waals surface area contributed by atoms with Gasteiger partial charge < -0.3 is 11.1 Å². The summed E-state index contributed by atoms with van der Waals surface area (Å²) in [7, 11) is 0. The maximum absolute atomic E-state index is 15.1. The van der Waals surface area contributed by atoms with Crippen LogP contribution in [0.25, 0.3) is 32.7 Å². The normalized spacial score (nSPS) is 11.2. The van der Waals surface area contributed by atoms with Gasteiger partial charge in [-0.05, 0) is 25.1 Å². The highest BCUT2D eigenvalue weighted by atomic mass is 32.1. The first-order valence-corrected chi connectivity index (χ1v) is 10.7. The molecule has 160 valence electrons. The molecule has 5 N–H and O–H groups in total. The number of aromatic nitrogens is 5. The summed E-state index contributed by atoms with van der Waals surface area (Å²) in [6.45, 7) is 1.97. The van der Waals surface area contributed by atoms with E-state index in [4.69, 9.17) is 5.73 Å². The maximum Gasteiger partial charge on any atom is 0.275 e. The lowest BCUT2D eigenvalue weighted by molar-refractivity contribution is 0.102. The lowest BCUT2D eigenvalue weighted by atomic mass is 9.98. The van der Waals surface area contributed by atoms with Crippen molar-refractivity contribution in [3.05, 3.63) is 70.7 Å². The van der Waals surface area contributed by atoms with E-state index in [-0.39, 0.29) is 12.2 Å². The Balaban J connectivity index is 1.54. The van der Waals surface area contributed by atoms with Crippen LogP contribution in [0.2, 0.25) is 0 Å². The first-order chi connectivity index (χ1) is 15.5. The number of nitrogens with two attached hydrogens (primary N) is 1. The molecule has 10 heteroatoms. The minimum Gasteiger partial charge on any atom is -0.326 e.